The Morgan fingerprint density at radius 1 is 1.25 bits per heavy atom. The second-order valence-electron chi connectivity index (χ2n) is 5.76. The molecule has 2 heteroatoms. The molecule has 1 N–H and O–H groups in total. The molecule has 0 aromatic rings. The molecule has 0 aromatic carbocycles. The molecule has 16 heavy (non-hydrogen) atoms. The van der Waals surface area contributed by atoms with Crippen molar-refractivity contribution in [1.29, 1.82) is 0 Å². The van der Waals surface area contributed by atoms with E-state index in [-0.39, 0.29) is 11.7 Å². The molecular weight excluding hydrogens is 200 g/mol. The van der Waals surface area contributed by atoms with Gasteiger partial charge in [0.05, 0.1) is 11.7 Å². The minimum absolute atomic E-state index is 0.177. The molecule has 0 radical (unpaired) electrons. The van der Waals surface area contributed by atoms with Gasteiger partial charge < -0.3 is 9.84 Å². The molecule has 1 unspecified atom stereocenters. The summed E-state index contributed by atoms with van der Waals surface area (Å²) in [6.07, 6.45) is 9.42. The largest absolute Gasteiger partial charge is 0.390 e. The first-order valence-electron chi connectivity index (χ1n) is 6.95. The van der Waals surface area contributed by atoms with Crippen molar-refractivity contribution in [1.82, 2.24) is 0 Å². The smallest absolute Gasteiger partial charge is 0.0939 e. The van der Waals surface area contributed by atoms with Crippen LogP contribution >= 0.6 is 0 Å². The van der Waals surface area contributed by atoms with E-state index in [1.165, 1.54) is 38.5 Å². The standard InChI is InChI=1S/C14H26O2/c1-3-11-5-7-12(8-6-11)13(15)14(16-2)9-4-10-14/h11-13,15H,3-10H2,1-2H3. The van der Waals surface area contributed by atoms with Crippen LogP contribution in [-0.4, -0.2) is 23.9 Å². The summed E-state index contributed by atoms with van der Waals surface area (Å²) >= 11 is 0. The summed E-state index contributed by atoms with van der Waals surface area (Å²) < 4.78 is 5.59. The van der Waals surface area contributed by atoms with Crippen LogP contribution in [0.2, 0.25) is 0 Å². The first kappa shape index (κ1) is 12.4. The SMILES string of the molecule is CCC1CCC(C(O)C2(OC)CCC2)CC1. The highest BCUT2D eigenvalue weighted by Gasteiger charge is 2.47. The minimum Gasteiger partial charge on any atom is -0.390 e. The highest BCUT2D eigenvalue weighted by Crippen LogP contribution is 2.44. The van der Waals surface area contributed by atoms with Gasteiger partial charge in [0.25, 0.3) is 0 Å². The Hall–Kier alpha value is -0.0800. The van der Waals surface area contributed by atoms with Gasteiger partial charge >= 0.3 is 0 Å². The highest BCUT2D eigenvalue weighted by atomic mass is 16.5. The monoisotopic (exact) mass is 226 g/mol. The molecule has 2 nitrogen and oxygen atoms in total. The van der Waals surface area contributed by atoms with E-state index in [9.17, 15) is 5.11 Å². The molecular formula is C14H26O2. The van der Waals surface area contributed by atoms with E-state index in [4.69, 9.17) is 4.74 Å². The lowest BCUT2D eigenvalue weighted by molar-refractivity contribution is -0.171. The van der Waals surface area contributed by atoms with Gasteiger partial charge in [0.15, 0.2) is 0 Å². The van der Waals surface area contributed by atoms with Crippen molar-refractivity contribution in [2.45, 2.75) is 70.0 Å². The number of hydrogen-bond acceptors (Lipinski definition) is 2. The molecule has 0 amide bonds. The van der Waals surface area contributed by atoms with Crippen LogP contribution in [0.5, 0.6) is 0 Å². The van der Waals surface area contributed by atoms with Crippen molar-refractivity contribution in [3.05, 3.63) is 0 Å². The van der Waals surface area contributed by atoms with Crippen LogP contribution in [0.25, 0.3) is 0 Å². The number of aliphatic hydroxyl groups excluding tert-OH is 1. The fraction of sp³-hybridized carbons (Fsp3) is 1.00. The molecule has 2 rings (SSSR count). The Morgan fingerprint density at radius 2 is 1.88 bits per heavy atom. The number of methoxy groups -OCH3 is 1. The van der Waals surface area contributed by atoms with Gasteiger partial charge in [-0.15, -0.1) is 0 Å². The molecule has 0 aliphatic heterocycles. The van der Waals surface area contributed by atoms with Crippen LogP contribution in [-0.2, 0) is 4.74 Å². The number of aliphatic hydroxyl groups is 1. The van der Waals surface area contributed by atoms with Crippen molar-refractivity contribution in [2.75, 3.05) is 7.11 Å². The third kappa shape index (κ3) is 2.14. The zero-order valence-electron chi connectivity index (χ0n) is 10.7. The average Bonchev–Trinajstić information content (AvgIpc) is 2.28. The molecule has 2 aliphatic carbocycles. The topological polar surface area (TPSA) is 29.5 Å². The summed E-state index contributed by atoms with van der Waals surface area (Å²) in [7, 11) is 1.76. The van der Waals surface area contributed by atoms with Crippen molar-refractivity contribution in [3.8, 4) is 0 Å². The Kier molecular flexibility index (Phi) is 3.91. The van der Waals surface area contributed by atoms with Gasteiger partial charge in [-0.2, -0.15) is 0 Å². The molecule has 0 bridgehead atoms. The predicted octanol–water partition coefficient (Wildman–Crippen LogP) is 3.13. The maximum atomic E-state index is 10.5. The zero-order chi connectivity index (χ0) is 11.6. The first-order chi connectivity index (χ1) is 7.72. The molecule has 2 aliphatic rings. The van der Waals surface area contributed by atoms with Crippen molar-refractivity contribution in [2.24, 2.45) is 11.8 Å². The quantitative estimate of drug-likeness (QED) is 0.798. The van der Waals surface area contributed by atoms with Crippen LogP contribution in [0.3, 0.4) is 0 Å². The number of rotatable bonds is 4. The summed E-state index contributed by atoms with van der Waals surface area (Å²) in [5.74, 6) is 1.39. The third-order valence-electron chi connectivity index (χ3n) is 5.06. The van der Waals surface area contributed by atoms with E-state index in [0.717, 1.165) is 18.8 Å². The third-order valence-corrected chi connectivity index (χ3v) is 5.06. The van der Waals surface area contributed by atoms with Gasteiger partial charge in [-0.05, 0) is 43.9 Å². The lowest BCUT2D eigenvalue weighted by Gasteiger charge is -2.48. The molecule has 0 aromatic heterocycles. The second-order valence-corrected chi connectivity index (χ2v) is 5.76. The van der Waals surface area contributed by atoms with Crippen LogP contribution in [0.4, 0.5) is 0 Å². The molecule has 0 saturated heterocycles. The molecule has 1 atom stereocenters. The van der Waals surface area contributed by atoms with Crippen LogP contribution in [0.15, 0.2) is 0 Å². The van der Waals surface area contributed by atoms with Crippen LogP contribution in [0, 0.1) is 11.8 Å². The Labute approximate surface area is 99.4 Å². The van der Waals surface area contributed by atoms with Gasteiger partial charge in [0.1, 0.15) is 0 Å². The molecule has 2 fully saturated rings. The minimum atomic E-state index is -0.218. The summed E-state index contributed by atoms with van der Waals surface area (Å²) in [6.45, 7) is 2.28. The van der Waals surface area contributed by atoms with E-state index in [2.05, 4.69) is 6.92 Å². The molecule has 0 spiro atoms. The van der Waals surface area contributed by atoms with Gasteiger partial charge in [0, 0.05) is 7.11 Å². The van der Waals surface area contributed by atoms with E-state index >= 15 is 0 Å². The van der Waals surface area contributed by atoms with Crippen molar-refractivity contribution < 1.29 is 9.84 Å². The van der Waals surface area contributed by atoms with Crippen molar-refractivity contribution >= 4 is 0 Å². The summed E-state index contributed by atoms with van der Waals surface area (Å²) in [5.41, 5.74) is -0.177. The van der Waals surface area contributed by atoms with Gasteiger partial charge in [0.2, 0.25) is 0 Å². The Morgan fingerprint density at radius 3 is 2.25 bits per heavy atom. The Bertz CT molecular complexity index is 209. The Balaban J connectivity index is 1.88. The van der Waals surface area contributed by atoms with Gasteiger partial charge in [-0.25, -0.2) is 0 Å². The molecule has 94 valence electrons. The van der Waals surface area contributed by atoms with E-state index < -0.39 is 0 Å². The van der Waals surface area contributed by atoms with Crippen LogP contribution < -0.4 is 0 Å². The fourth-order valence-electron chi connectivity index (χ4n) is 3.49. The lowest BCUT2D eigenvalue weighted by atomic mass is 9.67. The maximum absolute atomic E-state index is 10.5. The predicted molar refractivity (Wildman–Crippen MR) is 65.3 cm³/mol. The van der Waals surface area contributed by atoms with E-state index in [1.807, 2.05) is 0 Å². The molecule has 0 heterocycles. The maximum Gasteiger partial charge on any atom is 0.0939 e. The first-order valence-corrected chi connectivity index (χ1v) is 6.95. The number of ether oxygens (including phenoxy) is 1. The summed E-state index contributed by atoms with van der Waals surface area (Å²) in [6, 6.07) is 0. The average molecular weight is 226 g/mol. The molecule has 2 saturated carbocycles. The summed E-state index contributed by atoms with van der Waals surface area (Å²) in [4.78, 5) is 0. The van der Waals surface area contributed by atoms with Gasteiger partial charge in [-0.3, -0.25) is 0 Å². The zero-order valence-corrected chi connectivity index (χ0v) is 10.7. The summed E-state index contributed by atoms with van der Waals surface area (Å²) in [5, 5.41) is 10.5. The number of hydrogen-bond donors (Lipinski definition) is 1. The normalized spacial score (nSPS) is 35.4. The highest BCUT2D eigenvalue weighted by molar-refractivity contribution is 4.99. The fourth-order valence-corrected chi connectivity index (χ4v) is 3.49. The lowest BCUT2D eigenvalue weighted by Crippen LogP contribution is -2.53. The van der Waals surface area contributed by atoms with Crippen molar-refractivity contribution in [3.63, 3.8) is 0 Å². The van der Waals surface area contributed by atoms with E-state index in [1.54, 1.807) is 7.11 Å². The van der Waals surface area contributed by atoms with Crippen LogP contribution in [0.1, 0.15) is 58.3 Å². The van der Waals surface area contributed by atoms with Gasteiger partial charge in [-0.1, -0.05) is 26.2 Å². The second kappa shape index (κ2) is 5.05. The van der Waals surface area contributed by atoms with E-state index in [0.29, 0.717) is 5.92 Å².